The zero-order valence-electron chi connectivity index (χ0n) is 22.0. The Balaban J connectivity index is 1.65. The Labute approximate surface area is 234 Å². The van der Waals surface area contributed by atoms with Crippen molar-refractivity contribution in [3.05, 3.63) is 140 Å². The van der Waals surface area contributed by atoms with Crippen LogP contribution < -0.4 is 0 Å². The van der Waals surface area contributed by atoms with E-state index in [4.69, 9.17) is 9.97 Å². The number of para-hydroxylation sites is 4. The maximum absolute atomic E-state index is 5.39. The topological polar surface area (TPSA) is 39.5 Å². The second kappa shape index (κ2) is 8.41. The number of hydrogen-bond donors (Lipinski definition) is 0. The van der Waals surface area contributed by atoms with Gasteiger partial charge in [0.2, 0.25) is 5.78 Å². The number of rotatable bonds is 1. The van der Waals surface area contributed by atoms with Gasteiger partial charge in [0.15, 0.2) is 0 Å². The lowest BCUT2D eigenvalue weighted by Gasteiger charge is -2.12. The molecule has 0 aliphatic carbocycles. The van der Waals surface area contributed by atoms with Gasteiger partial charge in [0.25, 0.3) is 0 Å². The highest BCUT2D eigenvalue weighted by Crippen LogP contribution is 2.31. The third-order valence-electron chi connectivity index (χ3n) is 8.01. The maximum atomic E-state index is 5.39. The molecule has 4 aromatic heterocycles. The minimum Gasteiger partial charge on any atom is -0.308 e. The number of nitrogens with zero attached hydrogens (tertiary/aromatic N) is 5. The molecule has 0 amide bonds. The first-order valence-electron chi connectivity index (χ1n) is 13.8. The van der Waals surface area contributed by atoms with E-state index in [0.29, 0.717) is 0 Å². The molecule has 5 heteroatoms. The highest BCUT2D eigenvalue weighted by Gasteiger charge is 2.16. The van der Waals surface area contributed by atoms with Gasteiger partial charge in [-0.1, -0.05) is 66.7 Å². The Morgan fingerprint density at radius 1 is 0.415 bits per heavy atom. The normalized spacial score (nSPS) is 11.9. The predicted octanol–water partition coefficient (Wildman–Crippen LogP) is 8.66. The van der Waals surface area contributed by atoms with Crippen LogP contribution in [0.2, 0.25) is 0 Å². The Kier molecular flexibility index (Phi) is 4.55. The van der Waals surface area contributed by atoms with Crippen molar-refractivity contribution >= 4 is 66.2 Å². The van der Waals surface area contributed by atoms with Crippen molar-refractivity contribution < 1.29 is 0 Å². The largest absolute Gasteiger partial charge is 0.308 e. The van der Waals surface area contributed by atoms with E-state index in [2.05, 4.69) is 153 Å². The van der Waals surface area contributed by atoms with E-state index in [9.17, 15) is 0 Å². The highest BCUT2D eigenvalue weighted by atomic mass is 15.2. The lowest BCUT2D eigenvalue weighted by atomic mass is 10.2. The molecule has 4 heterocycles. The van der Waals surface area contributed by atoms with Crippen LogP contribution >= 0.6 is 0 Å². The van der Waals surface area contributed by atoms with E-state index in [1.54, 1.807) is 0 Å². The van der Waals surface area contributed by atoms with Crippen molar-refractivity contribution in [1.82, 2.24) is 23.3 Å². The van der Waals surface area contributed by atoms with E-state index in [1.807, 2.05) is 0 Å². The summed E-state index contributed by atoms with van der Waals surface area (Å²) in [6, 6.07) is 49.0. The number of imidazole rings is 2. The summed E-state index contributed by atoms with van der Waals surface area (Å²) in [5, 5.41) is 2.13. The average Bonchev–Trinajstić information content (AvgIpc) is 3.57. The smallest absolute Gasteiger partial charge is 0.220 e. The molecule has 0 aliphatic rings. The van der Waals surface area contributed by atoms with Gasteiger partial charge in [0, 0.05) is 27.5 Å². The predicted molar refractivity (Wildman–Crippen MR) is 168 cm³/mol. The van der Waals surface area contributed by atoms with Crippen LogP contribution in [-0.4, -0.2) is 23.3 Å². The first-order valence-corrected chi connectivity index (χ1v) is 13.8. The summed E-state index contributed by atoms with van der Waals surface area (Å²) in [5.41, 5.74) is 10.3. The summed E-state index contributed by atoms with van der Waals surface area (Å²) >= 11 is 0. The Hall–Kier alpha value is -5.68. The van der Waals surface area contributed by atoms with Gasteiger partial charge >= 0.3 is 0 Å². The zero-order valence-corrected chi connectivity index (χ0v) is 22.0. The van der Waals surface area contributed by atoms with Crippen LogP contribution in [0.1, 0.15) is 0 Å². The molecule has 5 nitrogen and oxygen atoms in total. The van der Waals surface area contributed by atoms with Gasteiger partial charge in [-0.2, -0.15) is 0 Å². The molecule has 0 saturated heterocycles. The average molecular weight is 526 g/mol. The number of pyridine rings is 1. The summed E-state index contributed by atoms with van der Waals surface area (Å²) < 4.78 is 6.85. The van der Waals surface area contributed by atoms with Crippen molar-refractivity contribution in [1.29, 1.82) is 0 Å². The standard InChI is InChI=1S/C36H23N5/c1-2-12-26(13-3-1)39-27-14-6-10-24(22-27)29-16-8-17-30(37-29)25-11-7-15-28(23-25)40-31-18-4-5-19-32(31)41-34-21-9-20-33(39)35(34)38-36(40)41/h1-23H. The van der Waals surface area contributed by atoms with E-state index in [0.717, 1.165) is 71.9 Å². The van der Waals surface area contributed by atoms with E-state index in [-0.39, 0.29) is 0 Å². The maximum Gasteiger partial charge on any atom is 0.220 e. The molecular weight excluding hydrogens is 502 g/mol. The van der Waals surface area contributed by atoms with Crippen molar-refractivity contribution in [3.8, 4) is 5.69 Å². The summed E-state index contributed by atoms with van der Waals surface area (Å²) in [5.74, 6) is 0.879. The van der Waals surface area contributed by atoms with Crippen LogP contribution in [0, 0.1) is 0 Å². The van der Waals surface area contributed by atoms with Gasteiger partial charge in [-0.15, -0.1) is 0 Å². The van der Waals surface area contributed by atoms with Crippen LogP contribution in [-0.2, 0) is 0 Å². The van der Waals surface area contributed by atoms with Crippen molar-refractivity contribution in [2.45, 2.75) is 0 Å². The van der Waals surface area contributed by atoms with E-state index in [1.165, 1.54) is 0 Å². The second-order valence-electron chi connectivity index (χ2n) is 10.4. The number of hydrogen-bond acceptors (Lipinski definition) is 2. The van der Waals surface area contributed by atoms with Gasteiger partial charge in [-0.05, 0) is 72.8 Å². The Morgan fingerprint density at radius 3 is 1.78 bits per heavy atom. The van der Waals surface area contributed by atoms with Crippen molar-refractivity contribution in [2.24, 2.45) is 0 Å². The molecule has 9 rings (SSSR count). The molecule has 41 heavy (non-hydrogen) atoms. The molecular formula is C36H23N5. The lowest BCUT2D eigenvalue weighted by molar-refractivity contribution is 1.16. The van der Waals surface area contributed by atoms with Gasteiger partial charge in [0.1, 0.15) is 5.52 Å². The number of aromatic nitrogens is 5. The first-order chi connectivity index (χ1) is 20.3. The molecule has 0 atom stereocenters. The minimum absolute atomic E-state index is 0.879. The highest BCUT2D eigenvalue weighted by molar-refractivity contribution is 6.00. The summed E-state index contributed by atoms with van der Waals surface area (Å²) in [6.07, 6.45) is 0. The lowest BCUT2D eigenvalue weighted by Crippen LogP contribution is -1.97. The van der Waals surface area contributed by atoms with Crippen LogP contribution in [0.4, 0.5) is 0 Å². The van der Waals surface area contributed by atoms with E-state index < -0.39 is 0 Å². The summed E-state index contributed by atoms with van der Waals surface area (Å²) in [7, 11) is 0. The van der Waals surface area contributed by atoms with E-state index >= 15 is 0 Å². The fourth-order valence-electron chi connectivity index (χ4n) is 6.21. The van der Waals surface area contributed by atoms with Gasteiger partial charge in [-0.25, -0.2) is 9.97 Å². The fourth-order valence-corrected chi connectivity index (χ4v) is 6.21. The molecule has 9 aromatic rings. The second-order valence-corrected chi connectivity index (χ2v) is 10.4. The van der Waals surface area contributed by atoms with Gasteiger partial charge < -0.3 is 4.57 Å². The van der Waals surface area contributed by atoms with Crippen LogP contribution in [0.5, 0.6) is 0 Å². The quantitative estimate of drug-likeness (QED) is 0.215. The molecule has 0 unspecified atom stereocenters. The van der Waals surface area contributed by atoms with Crippen LogP contribution in [0.15, 0.2) is 140 Å². The monoisotopic (exact) mass is 525 g/mol. The van der Waals surface area contributed by atoms with Gasteiger partial charge in [-0.3, -0.25) is 8.80 Å². The zero-order chi connectivity index (χ0) is 26.9. The molecule has 0 fully saturated rings. The molecule has 5 aromatic carbocycles. The molecule has 8 bridgehead atoms. The third kappa shape index (κ3) is 3.23. The molecule has 0 spiro atoms. The molecule has 0 radical (unpaired) electrons. The fraction of sp³-hybridized carbons (Fsp3) is 0. The third-order valence-corrected chi connectivity index (χ3v) is 8.01. The Bertz CT molecular complexity index is 2530. The Morgan fingerprint density at radius 2 is 1.00 bits per heavy atom. The SMILES string of the molecule is c1ccc(-n2c3cccc(c3)c3cccc(n3)c3cccc(c3)n3c4ccccc4n4c5cccc2c5nc34)cc1. The minimum atomic E-state index is 0.879. The molecule has 192 valence electrons. The summed E-state index contributed by atoms with van der Waals surface area (Å²) in [6.45, 7) is 0. The van der Waals surface area contributed by atoms with Crippen molar-refractivity contribution in [2.75, 3.05) is 0 Å². The first kappa shape index (κ1) is 22.2. The van der Waals surface area contributed by atoms with Crippen LogP contribution in [0.25, 0.3) is 71.9 Å². The van der Waals surface area contributed by atoms with Crippen molar-refractivity contribution in [3.63, 3.8) is 0 Å². The molecule has 0 N–H and O–H groups in total. The number of fused-ring (bicyclic) bond motifs is 13. The molecule has 0 aliphatic heterocycles. The number of benzene rings is 5. The van der Waals surface area contributed by atoms with Gasteiger partial charge in [0.05, 0.1) is 33.1 Å². The van der Waals surface area contributed by atoms with Crippen LogP contribution in [0.3, 0.4) is 0 Å². The molecule has 0 saturated carbocycles. The summed E-state index contributed by atoms with van der Waals surface area (Å²) in [4.78, 5) is 10.5.